The molecule has 1 aromatic heterocycles. The second kappa shape index (κ2) is 5.47. The summed E-state index contributed by atoms with van der Waals surface area (Å²) in [6, 6.07) is 0.0762. The van der Waals surface area contributed by atoms with Gasteiger partial charge in [0.1, 0.15) is 0 Å². The number of sulfonamides is 1. The lowest BCUT2D eigenvalue weighted by Gasteiger charge is -2.32. The van der Waals surface area contributed by atoms with E-state index in [1.165, 1.54) is 4.88 Å². The van der Waals surface area contributed by atoms with Gasteiger partial charge in [-0.2, -0.15) is 0 Å². The van der Waals surface area contributed by atoms with Gasteiger partial charge in [-0.25, -0.2) is 13.1 Å². The van der Waals surface area contributed by atoms with Gasteiger partial charge in [-0.05, 0) is 32.2 Å². The number of hydrogen-bond acceptors (Lipinski definition) is 5. The normalized spacial score (nSPS) is 25.6. The molecule has 0 amide bonds. The van der Waals surface area contributed by atoms with E-state index < -0.39 is 10.0 Å². The molecular formula is C12H19N3O2S2. The summed E-state index contributed by atoms with van der Waals surface area (Å²) in [5.41, 5.74) is 1.84. The molecule has 1 saturated heterocycles. The number of likely N-dealkylation sites (tertiary alicyclic amines) is 1. The smallest absolute Gasteiger partial charge is 0.214 e. The Labute approximate surface area is 118 Å². The number of nitrogens with zero attached hydrogens (tertiary/aromatic N) is 2. The summed E-state index contributed by atoms with van der Waals surface area (Å²) >= 11 is 1.65. The van der Waals surface area contributed by atoms with Gasteiger partial charge < -0.3 is 0 Å². The van der Waals surface area contributed by atoms with E-state index >= 15 is 0 Å². The highest BCUT2D eigenvalue weighted by molar-refractivity contribution is 7.90. The molecule has 2 fully saturated rings. The minimum Gasteiger partial charge on any atom is -0.297 e. The summed E-state index contributed by atoms with van der Waals surface area (Å²) in [6.45, 7) is 2.73. The highest BCUT2D eigenvalue weighted by Crippen LogP contribution is 2.28. The Bertz CT molecular complexity index is 511. The quantitative estimate of drug-likeness (QED) is 0.887. The average Bonchev–Trinajstić information content (AvgIpc) is 3.11. The van der Waals surface area contributed by atoms with Crippen LogP contribution in [-0.4, -0.2) is 42.7 Å². The standard InChI is InChI=1S/C12H19N3O2S2/c16-19(17,12-3-4-12)14-10-2-1-5-15(7-10)8-11-6-13-9-18-11/h6,9-10,12,14H,1-5,7-8H2. The molecule has 1 aromatic rings. The van der Waals surface area contributed by atoms with Crippen molar-refractivity contribution in [2.75, 3.05) is 13.1 Å². The van der Waals surface area contributed by atoms with E-state index in [9.17, 15) is 8.42 Å². The van der Waals surface area contributed by atoms with Crippen LogP contribution in [0.4, 0.5) is 0 Å². The molecule has 1 unspecified atom stereocenters. The molecule has 0 spiro atoms. The van der Waals surface area contributed by atoms with E-state index in [4.69, 9.17) is 0 Å². The molecule has 7 heteroatoms. The predicted molar refractivity (Wildman–Crippen MR) is 75.5 cm³/mol. The first-order valence-corrected chi connectivity index (χ1v) is 9.17. The van der Waals surface area contributed by atoms with E-state index in [1.807, 2.05) is 11.7 Å². The van der Waals surface area contributed by atoms with Crippen molar-refractivity contribution in [3.05, 3.63) is 16.6 Å². The zero-order valence-corrected chi connectivity index (χ0v) is 12.4. The molecule has 19 heavy (non-hydrogen) atoms. The third-order valence-corrected chi connectivity index (χ3v) is 6.44. The number of piperidine rings is 1. The van der Waals surface area contributed by atoms with Crippen molar-refractivity contribution >= 4 is 21.4 Å². The van der Waals surface area contributed by atoms with Gasteiger partial charge in [0.05, 0.1) is 10.8 Å². The average molecular weight is 301 g/mol. The summed E-state index contributed by atoms with van der Waals surface area (Å²) in [7, 11) is -3.06. The molecule has 2 aliphatic rings. The first-order chi connectivity index (χ1) is 9.13. The number of thiazole rings is 1. The summed E-state index contributed by atoms with van der Waals surface area (Å²) in [4.78, 5) is 7.64. The van der Waals surface area contributed by atoms with E-state index in [-0.39, 0.29) is 11.3 Å². The Hall–Kier alpha value is -0.500. The SMILES string of the molecule is O=S(=O)(NC1CCCN(Cc2cncs2)C1)C1CC1. The van der Waals surface area contributed by atoms with Gasteiger partial charge >= 0.3 is 0 Å². The molecule has 0 bridgehead atoms. The number of rotatable bonds is 5. The maximum absolute atomic E-state index is 11.9. The van der Waals surface area contributed by atoms with Crippen LogP contribution < -0.4 is 4.72 Å². The molecule has 2 heterocycles. The van der Waals surface area contributed by atoms with E-state index in [2.05, 4.69) is 14.6 Å². The maximum atomic E-state index is 11.9. The lowest BCUT2D eigenvalue weighted by Crippen LogP contribution is -2.48. The molecule has 1 atom stereocenters. The van der Waals surface area contributed by atoms with Crippen LogP contribution in [0.5, 0.6) is 0 Å². The first-order valence-electron chi connectivity index (χ1n) is 6.74. The Morgan fingerprint density at radius 3 is 2.95 bits per heavy atom. The largest absolute Gasteiger partial charge is 0.297 e. The van der Waals surface area contributed by atoms with Gasteiger partial charge in [0, 0.05) is 30.2 Å². The Balaban J connectivity index is 1.55. The zero-order valence-electron chi connectivity index (χ0n) is 10.8. The van der Waals surface area contributed by atoms with E-state index in [0.717, 1.165) is 45.3 Å². The van der Waals surface area contributed by atoms with Crippen LogP contribution in [0.25, 0.3) is 0 Å². The van der Waals surface area contributed by atoms with Crippen LogP contribution >= 0.6 is 11.3 Å². The molecule has 3 rings (SSSR count). The van der Waals surface area contributed by atoms with Crippen molar-refractivity contribution in [3.8, 4) is 0 Å². The van der Waals surface area contributed by atoms with Gasteiger partial charge in [-0.1, -0.05) is 0 Å². The van der Waals surface area contributed by atoms with Gasteiger partial charge in [0.25, 0.3) is 0 Å². The van der Waals surface area contributed by atoms with Crippen LogP contribution in [-0.2, 0) is 16.6 Å². The number of aromatic nitrogens is 1. The van der Waals surface area contributed by atoms with Crippen molar-refractivity contribution in [1.82, 2.24) is 14.6 Å². The van der Waals surface area contributed by atoms with Gasteiger partial charge in [-0.3, -0.25) is 9.88 Å². The molecular weight excluding hydrogens is 282 g/mol. The Morgan fingerprint density at radius 2 is 2.26 bits per heavy atom. The van der Waals surface area contributed by atoms with Crippen LogP contribution in [0.1, 0.15) is 30.6 Å². The second-order valence-corrected chi connectivity index (χ2v) is 8.37. The maximum Gasteiger partial charge on any atom is 0.214 e. The van der Waals surface area contributed by atoms with Gasteiger partial charge in [0.15, 0.2) is 0 Å². The van der Waals surface area contributed by atoms with Crippen LogP contribution in [0.3, 0.4) is 0 Å². The van der Waals surface area contributed by atoms with Crippen LogP contribution in [0, 0.1) is 0 Å². The van der Waals surface area contributed by atoms with Crippen molar-refractivity contribution in [2.24, 2.45) is 0 Å². The highest BCUT2D eigenvalue weighted by atomic mass is 32.2. The summed E-state index contributed by atoms with van der Waals surface area (Å²) in [5, 5.41) is -0.121. The lowest BCUT2D eigenvalue weighted by molar-refractivity contribution is 0.196. The Kier molecular flexibility index (Phi) is 3.88. The zero-order chi connectivity index (χ0) is 13.3. The summed E-state index contributed by atoms with van der Waals surface area (Å²) in [5.74, 6) is 0. The fourth-order valence-electron chi connectivity index (χ4n) is 2.54. The van der Waals surface area contributed by atoms with E-state index in [0.29, 0.717) is 0 Å². The number of hydrogen-bond donors (Lipinski definition) is 1. The Morgan fingerprint density at radius 1 is 1.42 bits per heavy atom. The molecule has 1 saturated carbocycles. The first kappa shape index (κ1) is 13.5. The molecule has 106 valence electrons. The molecule has 0 radical (unpaired) electrons. The monoisotopic (exact) mass is 301 g/mol. The second-order valence-electron chi connectivity index (χ2n) is 5.40. The van der Waals surface area contributed by atoms with Crippen LogP contribution in [0.2, 0.25) is 0 Å². The van der Waals surface area contributed by atoms with Crippen molar-refractivity contribution in [1.29, 1.82) is 0 Å². The van der Waals surface area contributed by atoms with Gasteiger partial charge in [-0.15, -0.1) is 11.3 Å². The third-order valence-electron chi connectivity index (χ3n) is 3.66. The van der Waals surface area contributed by atoms with Gasteiger partial charge in [0.2, 0.25) is 10.0 Å². The third kappa shape index (κ3) is 3.53. The van der Waals surface area contributed by atoms with Crippen molar-refractivity contribution in [2.45, 2.75) is 43.5 Å². The highest BCUT2D eigenvalue weighted by Gasteiger charge is 2.37. The summed E-state index contributed by atoms with van der Waals surface area (Å²) in [6.07, 6.45) is 5.55. The molecule has 0 aromatic carbocycles. The molecule has 1 aliphatic heterocycles. The van der Waals surface area contributed by atoms with Crippen LogP contribution in [0.15, 0.2) is 11.7 Å². The van der Waals surface area contributed by atoms with Crippen molar-refractivity contribution in [3.63, 3.8) is 0 Å². The predicted octanol–water partition coefficient (Wildman–Crippen LogP) is 1.19. The van der Waals surface area contributed by atoms with E-state index in [1.54, 1.807) is 11.3 Å². The molecule has 1 N–H and O–H groups in total. The number of nitrogens with one attached hydrogen (secondary N) is 1. The van der Waals surface area contributed by atoms with Crippen molar-refractivity contribution < 1.29 is 8.42 Å². The minimum absolute atomic E-state index is 0.0762. The minimum atomic E-state index is -3.06. The molecule has 5 nitrogen and oxygen atoms in total. The lowest BCUT2D eigenvalue weighted by atomic mass is 10.1. The summed E-state index contributed by atoms with van der Waals surface area (Å²) < 4.78 is 26.8. The topological polar surface area (TPSA) is 62.3 Å². The molecule has 1 aliphatic carbocycles. The fraction of sp³-hybridized carbons (Fsp3) is 0.750. The fourth-order valence-corrected chi connectivity index (χ4v) is 4.78.